The predicted molar refractivity (Wildman–Crippen MR) is 137 cm³/mol. The van der Waals surface area contributed by atoms with Crippen molar-refractivity contribution in [1.82, 2.24) is 4.90 Å². The zero-order valence-corrected chi connectivity index (χ0v) is 20.5. The Morgan fingerprint density at radius 2 is 1.72 bits per heavy atom. The molecule has 0 N–H and O–H groups in total. The molecule has 1 aliphatic heterocycles. The van der Waals surface area contributed by atoms with Crippen LogP contribution < -0.4 is 0 Å². The topological polar surface area (TPSA) is 32.7 Å². The average molecular weight is 447 g/mol. The molecule has 2 aromatic rings. The number of benzene rings is 2. The molecule has 0 atom stereocenters. The van der Waals surface area contributed by atoms with Crippen molar-refractivity contribution in [1.29, 1.82) is 0 Å². The van der Waals surface area contributed by atoms with E-state index in [-0.39, 0.29) is 17.4 Å². The van der Waals surface area contributed by atoms with Gasteiger partial charge < -0.3 is 0 Å². The van der Waals surface area contributed by atoms with Crippen LogP contribution in [0.1, 0.15) is 76.5 Å². The summed E-state index contributed by atoms with van der Waals surface area (Å²) in [6.45, 7) is 8.80. The summed E-state index contributed by atoms with van der Waals surface area (Å²) < 4.78 is 0. The van der Waals surface area contributed by atoms with E-state index in [1.165, 1.54) is 42.2 Å². The molecule has 0 spiro atoms. The van der Waals surface area contributed by atoms with Crippen LogP contribution >= 0.6 is 11.8 Å². The molecule has 1 aliphatic carbocycles. The van der Waals surface area contributed by atoms with Gasteiger partial charge in [-0.25, -0.2) is 4.99 Å². The van der Waals surface area contributed by atoms with E-state index in [1.54, 1.807) is 0 Å². The van der Waals surface area contributed by atoms with Crippen LogP contribution in [0, 0.1) is 0 Å². The molecule has 1 saturated carbocycles. The van der Waals surface area contributed by atoms with Crippen LogP contribution in [0.4, 0.5) is 5.69 Å². The van der Waals surface area contributed by atoms with Gasteiger partial charge in [0.05, 0.1) is 10.6 Å². The van der Waals surface area contributed by atoms with Crippen LogP contribution in [0.3, 0.4) is 0 Å². The van der Waals surface area contributed by atoms with E-state index in [0.717, 1.165) is 40.6 Å². The van der Waals surface area contributed by atoms with Crippen molar-refractivity contribution in [2.45, 2.75) is 77.7 Å². The lowest BCUT2D eigenvalue weighted by Crippen LogP contribution is -2.40. The number of hydrogen-bond donors (Lipinski definition) is 0. The molecule has 4 heteroatoms. The van der Waals surface area contributed by atoms with E-state index in [1.807, 2.05) is 17.0 Å². The van der Waals surface area contributed by atoms with Crippen LogP contribution in [0.15, 0.2) is 58.4 Å². The number of hydrogen-bond acceptors (Lipinski definition) is 3. The summed E-state index contributed by atoms with van der Waals surface area (Å²) in [5, 5.41) is 0.834. The number of amides is 1. The molecule has 2 aromatic carbocycles. The Labute approximate surface area is 197 Å². The zero-order chi connectivity index (χ0) is 22.7. The molecule has 1 heterocycles. The van der Waals surface area contributed by atoms with E-state index < -0.39 is 0 Å². The monoisotopic (exact) mass is 446 g/mol. The smallest absolute Gasteiger partial charge is 0.267 e. The average Bonchev–Trinajstić information content (AvgIpc) is 3.09. The van der Waals surface area contributed by atoms with Gasteiger partial charge in [-0.15, -0.1) is 0 Å². The Morgan fingerprint density at radius 3 is 2.38 bits per heavy atom. The molecule has 2 fully saturated rings. The first-order valence-corrected chi connectivity index (χ1v) is 12.7. The quantitative estimate of drug-likeness (QED) is 0.456. The second kappa shape index (κ2) is 9.66. The van der Waals surface area contributed by atoms with Crippen molar-refractivity contribution < 1.29 is 4.79 Å². The minimum Gasteiger partial charge on any atom is -0.283 e. The Balaban J connectivity index is 1.69. The molecule has 3 nitrogen and oxygen atoms in total. The summed E-state index contributed by atoms with van der Waals surface area (Å²) in [7, 11) is 0. The Bertz CT molecular complexity index is 1020. The lowest BCUT2D eigenvalue weighted by atomic mass is 9.87. The maximum Gasteiger partial charge on any atom is 0.267 e. The normalized spacial score (nSPS) is 20.5. The molecule has 4 rings (SSSR count). The van der Waals surface area contributed by atoms with Crippen LogP contribution in [0.2, 0.25) is 0 Å². The molecular formula is C28H34N2OS. The van der Waals surface area contributed by atoms with Gasteiger partial charge in [0.1, 0.15) is 0 Å². The fourth-order valence-electron chi connectivity index (χ4n) is 4.48. The van der Waals surface area contributed by atoms with Gasteiger partial charge in [-0.05, 0) is 65.3 Å². The molecule has 1 saturated heterocycles. The highest BCUT2D eigenvalue weighted by Crippen LogP contribution is 2.39. The van der Waals surface area contributed by atoms with Crippen molar-refractivity contribution in [3.63, 3.8) is 0 Å². The van der Waals surface area contributed by atoms with E-state index in [0.29, 0.717) is 0 Å². The van der Waals surface area contributed by atoms with Gasteiger partial charge in [-0.2, -0.15) is 0 Å². The third kappa shape index (κ3) is 5.01. The molecular weight excluding hydrogens is 412 g/mol. The fraction of sp³-hybridized carbons (Fsp3) is 0.429. The van der Waals surface area contributed by atoms with Gasteiger partial charge in [-0.3, -0.25) is 9.69 Å². The molecule has 0 aromatic heterocycles. The molecule has 0 radical (unpaired) electrons. The highest BCUT2D eigenvalue weighted by atomic mass is 32.2. The SMILES string of the molecule is CCc1ccccc1N=C1S/C(=C/c2ccc(C(C)(C)C)cc2)C(=O)N1C1CCCCC1. The highest BCUT2D eigenvalue weighted by molar-refractivity contribution is 8.18. The number of amidine groups is 1. The third-order valence-electron chi connectivity index (χ3n) is 6.44. The van der Waals surface area contributed by atoms with Gasteiger partial charge in [0, 0.05) is 6.04 Å². The second-order valence-electron chi connectivity index (χ2n) is 9.83. The molecule has 0 unspecified atom stereocenters. The predicted octanol–water partition coefficient (Wildman–Crippen LogP) is 7.48. The van der Waals surface area contributed by atoms with Crippen molar-refractivity contribution in [3.05, 3.63) is 70.1 Å². The van der Waals surface area contributed by atoms with E-state index in [2.05, 4.69) is 70.2 Å². The number of carbonyl (C=O) groups excluding carboxylic acids is 1. The summed E-state index contributed by atoms with van der Waals surface area (Å²) in [6, 6.07) is 17.1. The fourth-order valence-corrected chi connectivity index (χ4v) is 5.53. The summed E-state index contributed by atoms with van der Waals surface area (Å²) in [5.74, 6) is 0.106. The summed E-state index contributed by atoms with van der Waals surface area (Å²) in [6.07, 6.45) is 8.72. The van der Waals surface area contributed by atoms with E-state index in [9.17, 15) is 4.79 Å². The lowest BCUT2D eigenvalue weighted by Gasteiger charge is -2.30. The summed E-state index contributed by atoms with van der Waals surface area (Å²) >= 11 is 1.53. The number of carbonyl (C=O) groups is 1. The first-order valence-electron chi connectivity index (χ1n) is 11.9. The van der Waals surface area contributed by atoms with Gasteiger partial charge in [0.25, 0.3) is 5.91 Å². The van der Waals surface area contributed by atoms with Gasteiger partial charge in [0.15, 0.2) is 5.17 Å². The number of nitrogens with zero attached hydrogens (tertiary/aromatic N) is 2. The van der Waals surface area contributed by atoms with Crippen LogP contribution in [0.25, 0.3) is 6.08 Å². The minimum atomic E-state index is 0.106. The van der Waals surface area contributed by atoms with Gasteiger partial charge in [0.2, 0.25) is 0 Å². The Hall–Kier alpha value is -2.33. The van der Waals surface area contributed by atoms with Gasteiger partial charge in [-0.1, -0.05) is 89.4 Å². The first-order chi connectivity index (χ1) is 15.4. The standard InChI is InChI=1S/C28H34N2OS/c1-5-21-11-9-10-14-24(21)29-27-30(23-12-7-6-8-13-23)26(31)25(32-27)19-20-15-17-22(18-16-20)28(2,3)4/h9-11,14-19,23H,5-8,12-13H2,1-4H3/b25-19+,29-27?. The maximum atomic E-state index is 13.5. The van der Waals surface area contributed by atoms with Crippen molar-refractivity contribution >= 4 is 34.6 Å². The van der Waals surface area contributed by atoms with Gasteiger partial charge >= 0.3 is 0 Å². The van der Waals surface area contributed by atoms with Crippen LogP contribution in [-0.2, 0) is 16.6 Å². The largest absolute Gasteiger partial charge is 0.283 e. The van der Waals surface area contributed by atoms with E-state index >= 15 is 0 Å². The molecule has 2 aliphatic rings. The Morgan fingerprint density at radius 1 is 1.03 bits per heavy atom. The number of aryl methyl sites for hydroxylation is 1. The molecule has 1 amide bonds. The van der Waals surface area contributed by atoms with Crippen molar-refractivity contribution in [2.75, 3.05) is 0 Å². The minimum absolute atomic E-state index is 0.106. The molecule has 0 bridgehead atoms. The van der Waals surface area contributed by atoms with E-state index in [4.69, 9.17) is 4.99 Å². The van der Waals surface area contributed by atoms with Crippen molar-refractivity contribution in [2.24, 2.45) is 4.99 Å². The molecule has 168 valence electrons. The van der Waals surface area contributed by atoms with Crippen molar-refractivity contribution in [3.8, 4) is 0 Å². The highest BCUT2D eigenvalue weighted by Gasteiger charge is 2.38. The summed E-state index contributed by atoms with van der Waals surface area (Å²) in [4.78, 5) is 21.3. The van der Waals surface area contributed by atoms with Crippen LogP contribution in [-0.4, -0.2) is 22.0 Å². The lowest BCUT2D eigenvalue weighted by molar-refractivity contribution is -0.124. The molecule has 32 heavy (non-hydrogen) atoms. The maximum absolute atomic E-state index is 13.5. The Kier molecular flexibility index (Phi) is 6.90. The van der Waals surface area contributed by atoms with Crippen LogP contribution in [0.5, 0.6) is 0 Å². The second-order valence-corrected chi connectivity index (χ2v) is 10.8. The number of rotatable bonds is 4. The number of para-hydroxylation sites is 1. The third-order valence-corrected chi connectivity index (χ3v) is 7.42. The zero-order valence-electron chi connectivity index (χ0n) is 19.7. The number of aliphatic imine (C=N–C) groups is 1. The first kappa shape index (κ1) is 22.8. The summed E-state index contributed by atoms with van der Waals surface area (Å²) in [5.41, 5.74) is 4.67. The number of thioether (sulfide) groups is 1.